The Balaban J connectivity index is 1.73. The van der Waals surface area contributed by atoms with Crippen LogP contribution in [0.1, 0.15) is 21.7 Å². The summed E-state index contributed by atoms with van der Waals surface area (Å²) in [5.74, 6) is 0.586. The largest absolute Gasteiger partial charge is 0.347 e. The number of aromatic amines is 1. The molecule has 2 N–H and O–H groups in total. The Morgan fingerprint density at radius 1 is 1.24 bits per heavy atom. The molecule has 0 radical (unpaired) electrons. The molecule has 0 fully saturated rings. The minimum Gasteiger partial charge on any atom is -0.347 e. The summed E-state index contributed by atoms with van der Waals surface area (Å²) in [5, 5.41) is 4.89. The molecule has 4 nitrogen and oxygen atoms in total. The van der Waals surface area contributed by atoms with Crippen LogP contribution in [0.15, 0.2) is 47.8 Å². The van der Waals surface area contributed by atoms with Gasteiger partial charge in [0, 0.05) is 12.2 Å². The SMILES string of the molecule is Cc1[nH]c(-c2cccs2)nc1C(=O)NCc1ccccc1. The number of hydrogen-bond donors (Lipinski definition) is 2. The van der Waals surface area contributed by atoms with Crippen LogP contribution in [0.5, 0.6) is 0 Å². The molecule has 2 aromatic heterocycles. The second-order valence-corrected chi connectivity index (χ2v) is 5.65. The van der Waals surface area contributed by atoms with Crippen molar-refractivity contribution in [3.63, 3.8) is 0 Å². The molecule has 1 amide bonds. The molecule has 3 rings (SSSR count). The van der Waals surface area contributed by atoms with Gasteiger partial charge in [0.1, 0.15) is 11.5 Å². The fourth-order valence-corrected chi connectivity index (χ4v) is 2.74. The van der Waals surface area contributed by atoms with Crippen molar-refractivity contribution in [3.05, 3.63) is 64.8 Å². The first-order valence-electron chi connectivity index (χ1n) is 6.66. The number of rotatable bonds is 4. The lowest BCUT2D eigenvalue weighted by atomic mass is 10.2. The smallest absolute Gasteiger partial charge is 0.272 e. The number of imidazole rings is 1. The Morgan fingerprint density at radius 2 is 2.05 bits per heavy atom. The van der Waals surface area contributed by atoms with E-state index in [0.29, 0.717) is 12.2 Å². The zero-order valence-corrected chi connectivity index (χ0v) is 12.4. The molecule has 0 aliphatic rings. The molecule has 0 aliphatic carbocycles. The molecule has 0 unspecified atom stereocenters. The van der Waals surface area contributed by atoms with Crippen LogP contribution < -0.4 is 5.32 Å². The van der Waals surface area contributed by atoms with Crippen LogP contribution in [0, 0.1) is 6.92 Å². The van der Waals surface area contributed by atoms with Gasteiger partial charge in [-0.15, -0.1) is 11.3 Å². The lowest BCUT2D eigenvalue weighted by Crippen LogP contribution is -2.23. The van der Waals surface area contributed by atoms with Crippen LogP contribution in [0.3, 0.4) is 0 Å². The van der Waals surface area contributed by atoms with E-state index in [2.05, 4.69) is 15.3 Å². The minimum atomic E-state index is -0.157. The van der Waals surface area contributed by atoms with Crippen molar-refractivity contribution in [1.29, 1.82) is 0 Å². The Kier molecular flexibility index (Phi) is 3.83. The molecule has 3 aromatic rings. The molecule has 106 valence electrons. The molecule has 1 aromatic carbocycles. The van der Waals surface area contributed by atoms with Crippen molar-refractivity contribution in [2.75, 3.05) is 0 Å². The van der Waals surface area contributed by atoms with Gasteiger partial charge in [-0.05, 0) is 23.9 Å². The van der Waals surface area contributed by atoms with Gasteiger partial charge < -0.3 is 10.3 Å². The number of benzene rings is 1. The number of nitrogens with one attached hydrogen (secondary N) is 2. The predicted molar refractivity (Wildman–Crippen MR) is 84.2 cm³/mol. The summed E-state index contributed by atoms with van der Waals surface area (Å²) in [4.78, 5) is 20.8. The van der Waals surface area contributed by atoms with Crippen molar-refractivity contribution in [2.24, 2.45) is 0 Å². The van der Waals surface area contributed by atoms with Crippen molar-refractivity contribution in [3.8, 4) is 10.7 Å². The van der Waals surface area contributed by atoms with Gasteiger partial charge >= 0.3 is 0 Å². The molecule has 2 heterocycles. The number of amides is 1. The van der Waals surface area contributed by atoms with Crippen LogP contribution in [-0.2, 0) is 6.54 Å². The van der Waals surface area contributed by atoms with Crippen molar-refractivity contribution in [1.82, 2.24) is 15.3 Å². The number of aromatic nitrogens is 2. The Bertz CT molecular complexity index is 732. The molecule has 0 saturated carbocycles. The van der Waals surface area contributed by atoms with E-state index < -0.39 is 0 Å². The molecule has 0 saturated heterocycles. The van der Waals surface area contributed by atoms with Crippen LogP contribution in [-0.4, -0.2) is 15.9 Å². The number of thiophene rings is 1. The van der Waals surface area contributed by atoms with E-state index in [-0.39, 0.29) is 5.91 Å². The quantitative estimate of drug-likeness (QED) is 0.775. The summed E-state index contributed by atoms with van der Waals surface area (Å²) in [6, 6.07) is 13.8. The highest BCUT2D eigenvalue weighted by Gasteiger charge is 2.15. The molecular formula is C16H15N3OS. The second kappa shape index (κ2) is 5.93. The molecule has 0 aliphatic heterocycles. The van der Waals surface area contributed by atoms with Crippen LogP contribution >= 0.6 is 11.3 Å². The first-order chi connectivity index (χ1) is 10.2. The highest BCUT2D eigenvalue weighted by Crippen LogP contribution is 2.22. The number of nitrogens with zero attached hydrogens (tertiary/aromatic N) is 1. The second-order valence-electron chi connectivity index (χ2n) is 4.70. The van der Waals surface area contributed by atoms with E-state index in [1.807, 2.05) is 54.8 Å². The molecule has 21 heavy (non-hydrogen) atoms. The molecule has 0 atom stereocenters. The monoisotopic (exact) mass is 297 g/mol. The van der Waals surface area contributed by atoms with Crippen LogP contribution in [0.4, 0.5) is 0 Å². The zero-order valence-electron chi connectivity index (χ0n) is 11.6. The molecule has 5 heteroatoms. The molecular weight excluding hydrogens is 282 g/mol. The van der Waals surface area contributed by atoms with Gasteiger partial charge in [-0.2, -0.15) is 0 Å². The number of hydrogen-bond acceptors (Lipinski definition) is 3. The van der Waals surface area contributed by atoms with E-state index in [0.717, 1.165) is 22.0 Å². The van der Waals surface area contributed by atoms with Gasteiger partial charge in [0.2, 0.25) is 0 Å². The highest BCUT2D eigenvalue weighted by atomic mass is 32.1. The van der Waals surface area contributed by atoms with Gasteiger partial charge in [-0.1, -0.05) is 36.4 Å². The lowest BCUT2D eigenvalue weighted by molar-refractivity contribution is 0.0946. The lowest BCUT2D eigenvalue weighted by Gasteiger charge is -2.03. The standard InChI is InChI=1S/C16H15N3OS/c1-11-14(19-15(18-11)13-8-5-9-21-13)16(20)17-10-12-6-3-2-4-7-12/h2-9H,10H2,1H3,(H,17,20)(H,18,19). The third-order valence-electron chi connectivity index (χ3n) is 3.15. The first kappa shape index (κ1) is 13.6. The Hall–Kier alpha value is -2.40. The minimum absolute atomic E-state index is 0.157. The van der Waals surface area contributed by atoms with Gasteiger partial charge in [0.15, 0.2) is 0 Å². The maximum Gasteiger partial charge on any atom is 0.272 e. The summed E-state index contributed by atoms with van der Waals surface area (Å²) in [5.41, 5.74) is 2.30. The third kappa shape index (κ3) is 3.03. The maximum atomic E-state index is 12.2. The summed E-state index contributed by atoms with van der Waals surface area (Å²) >= 11 is 1.59. The van der Waals surface area contributed by atoms with Gasteiger partial charge in [-0.25, -0.2) is 4.98 Å². The third-order valence-corrected chi connectivity index (χ3v) is 4.03. The van der Waals surface area contributed by atoms with Crippen molar-refractivity contribution in [2.45, 2.75) is 13.5 Å². The van der Waals surface area contributed by atoms with Gasteiger partial charge in [0.05, 0.1) is 4.88 Å². The fraction of sp³-hybridized carbons (Fsp3) is 0.125. The normalized spacial score (nSPS) is 10.5. The summed E-state index contributed by atoms with van der Waals surface area (Å²) in [6.45, 7) is 2.36. The number of aryl methyl sites for hydroxylation is 1. The number of H-pyrrole nitrogens is 1. The number of carbonyl (C=O) groups is 1. The topological polar surface area (TPSA) is 57.8 Å². The van der Waals surface area contributed by atoms with Crippen molar-refractivity contribution < 1.29 is 4.79 Å². The highest BCUT2D eigenvalue weighted by molar-refractivity contribution is 7.13. The average molecular weight is 297 g/mol. The maximum absolute atomic E-state index is 12.2. The van der Waals surface area contributed by atoms with Crippen molar-refractivity contribution >= 4 is 17.2 Å². The summed E-state index contributed by atoms with van der Waals surface area (Å²) < 4.78 is 0. The zero-order chi connectivity index (χ0) is 14.7. The van der Waals surface area contributed by atoms with Crippen LogP contribution in [0.2, 0.25) is 0 Å². The average Bonchev–Trinajstić information content (AvgIpc) is 3.15. The predicted octanol–water partition coefficient (Wildman–Crippen LogP) is 3.38. The van der Waals surface area contributed by atoms with E-state index in [9.17, 15) is 4.79 Å². The summed E-state index contributed by atoms with van der Waals surface area (Å²) in [7, 11) is 0. The molecule has 0 bridgehead atoms. The van der Waals surface area contributed by atoms with Crippen LogP contribution in [0.25, 0.3) is 10.7 Å². The number of carbonyl (C=O) groups excluding carboxylic acids is 1. The summed E-state index contributed by atoms with van der Waals surface area (Å²) in [6.07, 6.45) is 0. The van der Waals surface area contributed by atoms with E-state index in [1.165, 1.54) is 0 Å². The van der Waals surface area contributed by atoms with Gasteiger partial charge in [-0.3, -0.25) is 4.79 Å². The first-order valence-corrected chi connectivity index (χ1v) is 7.54. The Morgan fingerprint density at radius 3 is 2.76 bits per heavy atom. The molecule has 0 spiro atoms. The van der Waals surface area contributed by atoms with E-state index in [4.69, 9.17) is 0 Å². The van der Waals surface area contributed by atoms with E-state index >= 15 is 0 Å². The van der Waals surface area contributed by atoms with Gasteiger partial charge in [0.25, 0.3) is 5.91 Å². The van der Waals surface area contributed by atoms with E-state index in [1.54, 1.807) is 11.3 Å². The fourth-order valence-electron chi connectivity index (χ4n) is 2.07. The Labute approximate surface area is 126 Å².